The number of rotatable bonds is 6. The molecule has 0 radical (unpaired) electrons. The van der Waals surface area contributed by atoms with Crippen LogP contribution < -0.4 is 31.6 Å². The molecule has 10 nitrogen and oxygen atoms in total. The van der Waals surface area contributed by atoms with Crippen LogP contribution in [0.25, 0.3) is 6.08 Å². The van der Waals surface area contributed by atoms with E-state index in [-0.39, 0.29) is 35.5 Å². The fourth-order valence-corrected chi connectivity index (χ4v) is 3.75. The average molecular weight is 467 g/mol. The Kier molecular flexibility index (Phi) is 6.66. The van der Waals surface area contributed by atoms with Gasteiger partial charge in [-0.2, -0.15) is 10.5 Å². The molecule has 4 rings (SSSR count). The number of aliphatic imine (C=N–C) groups is 1. The molecule has 1 unspecified atom stereocenters. The number of nitrogen functional groups attached to an aromatic ring is 2. The van der Waals surface area contributed by atoms with E-state index in [1.54, 1.807) is 19.2 Å². The van der Waals surface area contributed by atoms with Gasteiger partial charge in [0.2, 0.25) is 5.96 Å². The molecule has 0 amide bonds. The number of nitrogens with one attached hydrogen (secondary N) is 2. The summed E-state index contributed by atoms with van der Waals surface area (Å²) in [5.74, 6) is 1.35. The Morgan fingerprint density at radius 2 is 1.94 bits per heavy atom. The summed E-state index contributed by atoms with van der Waals surface area (Å²) in [7, 11) is 1.54. The minimum Gasteiger partial charge on any atom is -0.493 e. The number of anilines is 3. The quantitative estimate of drug-likeness (QED) is 0.315. The number of hydrogen-bond donors (Lipinski definition) is 4. The van der Waals surface area contributed by atoms with Crippen LogP contribution in [0.3, 0.4) is 0 Å². The summed E-state index contributed by atoms with van der Waals surface area (Å²) in [5.41, 5.74) is 14.6. The molecular formula is C25H22N8O2. The Bertz CT molecular complexity index is 1390. The summed E-state index contributed by atoms with van der Waals surface area (Å²) < 4.78 is 11.7. The van der Waals surface area contributed by atoms with Crippen molar-refractivity contribution < 1.29 is 9.47 Å². The molecule has 1 aliphatic rings. The number of ether oxygens (including phenoxy) is 2. The molecule has 0 saturated carbocycles. The van der Waals surface area contributed by atoms with Gasteiger partial charge in [0.1, 0.15) is 35.9 Å². The van der Waals surface area contributed by atoms with Crippen LogP contribution in [0.1, 0.15) is 28.3 Å². The molecule has 0 saturated heterocycles. The zero-order valence-electron chi connectivity index (χ0n) is 18.8. The molecule has 1 aromatic heterocycles. The van der Waals surface area contributed by atoms with Gasteiger partial charge in [-0.15, -0.1) is 0 Å². The number of fused-ring (bicyclic) bond motifs is 1. The topological polar surface area (TPSA) is 167 Å². The van der Waals surface area contributed by atoms with Gasteiger partial charge in [-0.05, 0) is 17.7 Å². The van der Waals surface area contributed by atoms with Gasteiger partial charge < -0.3 is 26.3 Å². The van der Waals surface area contributed by atoms with Crippen molar-refractivity contribution in [3.63, 3.8) is 0 Å². The van der Waals surface area contributed by atoms with E-state index in [0.717, 1.165) is 5.56 Å². The first kappa shape index (κ1) is 23.0. The van der Waals surface area contributed by atoms with Gasteiger partial charge >= 0.3 is 0 Å². The molecule has 1 aliphatic heterocycles. The second-order valence-corrected chi connectivity index (χ2v) is 7.40. The van der Waals surface area contributed by atoms with Crippen LogP contribution >= 0.6 is 0 Å². The van der Waals surface area contributed by atoms with Crippen molar-refractivity contribution in [2.75, 3.05) is 30.5 Å². The summed E-state index contributed by atoms with van der Waals surface area (Å²) >= 11 is 0. The molecule has 0 bridgehead atoms. The van der Waals surface area contributed by atoms with E-state index in [2.05, 4.69) is 20.6 Å². The van der Waals surface area contributed by atoms with Crippen LogP contribution in [-0.4, -0.2) is 24.7 Å². The largest absolute Gasteiger partial charge is 0.493 e. The Morgan fingerprint density at radius 1 is 1.14 bits per heavy atom. The van der Waals surface area contributed by atoms with Crippen LogP contribution in [-0.2, 0) is 0 Å². The van der Waals surface area contributed by atoms with E-state index in [1.165, 1.54) is 0 Å². The summed E-state index contributed by atoms with van der Waals surface area (Å²) in [6.07, 6.45) is 5.67. The van der Waals surface area contributed by atoms with Crippen LogP contribution in [0.15, 0.2) is 59.6 Å². The van der Waals surface area contributed by atoms with Crippen molar-refractivity contribution in [3.8, 4) is 23.8 Å². The number of benzene rings is 2. The lowest BCUT2D eigenvalue weighted by Gasteiger charge is -2.27. The third-order valence-corrected chi connectivity index (χ3v) is 5.32. The molecule has 0 aliphatic carbocycles. The van der Waals surface area contributed by atoms with Gasteiger partial charge in [0.25, 0.3) is 0 Å². The molecule has 0 spiro atoms. The summed E-state index contributed by atoms with van der Waals surface area (Å²) in [6, 6.07) is 16.5. The van der Waals surface area contributed by atoms with Crippen LogP contribution in [0.5, 0.6) is 11.5 Å². The second-order valence-electron chi connectivity index (χ2n) is 7.40. The molecule has 3 aromatic rings. The van der Waals surface area contributed by atoms with Crippen molar-refractivity contribution >= 4 is 29.4 Å². The number of aromatic nitrogens is 1. The predicted molar refractivity (Wildman–Crippen MR) is 133 cm³/mol. The van der Waals surface area contributed by atoms with Gasteiger partial charge in [-0.1, -0.05) is 48.5 Å². The van der Waals surface area contributed by atoms with Crippen molar-refractivity contribution in [3.05, 3.63) is 76.9 Å². The van der Waals surface area contributed by atoms with Gasteiger partial charge in [-0.25, -0.2) is 9.98 Å². The standard InChI is InChI=1S/C25H22N8O2/c1-34-18-11-5-10-16(22(18)35-12-6-9-15-7-3-2-4-8-15)21-19-20(28)17(13-26)23(29)32-24(19)33-25(31-21)30-14-27/h2-11,21H,12H2,1H3,(H6,28,29,30,31,32,33). The highest BCUT2D eigenvalue weighted by Gasteiger charge is 2.32. The molecule has 1 atom stereocenters. The minimum atomic E-state index is -0.759. The first-order valence-corrected chi connectivity index (χ1v) is 10.6. The van der Waals surface area contributed by atoms with Crippen molar-refractivity contribution in [1.29, 1.82) is 10.5 Å². The third kappa shape index (κ3) is 4.63. The molecule has 6 N–H and O–H groups in total. The lowest BCUT2D eigenvalue weighted by Crippen LogP contribution is -2.33. The predicted octanol–water partition coefficient (Wildman–Crippen LogP) is 3.16. The normalized spacial score (nSPS) is 14.1. The molecular weight excluding hydrogens is 444 g/mol. The number of hydrogen-bond acceptors (Lipinski definition) is 10. The molecule has 0 fully saturated rings. The maximum atomic E-state index is 9.55. The van der Waals surface area contributed by atoms with E-state index >= 15 is 0 Å². The average Bonchev–Trinajstić information content (AvgIpc) is 2.87. The summed E-state index contributed by atoms with van der Waals surface area (Å²) in [6.45, 7) is 0.256. The highest BCUT2D eigenvalue weighted by Crippen LogP contribution is 2.45. The molecule has 174 valence electrons. The zero-order chi connectivity index (χ0) is 24.8. The van der Waals surface area contributed by atoms with Crippen molar-refractivity contribution in [2.45, 2.75) is 6.04 Å². The van der Waals surface area contributed by atoms with Crippen molar-refractivity contribution in [2.24, 2.45) is 4.99 Å². The van der Waals surface area contributed by atoms with Crippen LogP contribution in [0.4, 0.5) is 17.3 Å². The maximum absolute atomic E-state index is 9.55. The molecule has 2 heterocycles. The van der Waals surface area contributed by atoms with Gasteiger partial charge in [0.15, 0.2) is 17.7 Å². The molecule has 35 heavy (non-hydrogen) atoms. The van der Waals surface area contributed by atoms with Crippen LogP contribution in [0, 0.1) is 22.8 Å². The van der Waals surface area contributed by atoms with Gasteiger partial charge in [-0.3, -0.25) is 5.32 Å². The minimum absolute atomic E-state index is 0.0265. The Hall–Kier alpha value is -5.22. The van der Waals surface area contributed by atoms with E-state index in [9.17, 15) is 5.26 Å². The monoisotopic (exact) mass is 466 g/mol. The fraction of sp³-hybridized carbons (Fsp3) is 0.120. The smallest absolute Gasteiger partial charge is 0.211 e. The van der Waals surface area contributed by atoms with E-state index in [0.29, 0.717) is 22.6 Å². The van der Waals surface area contributed by atoms with E-state index in [4.69, 9.17) is 26.2 Å². The highest BCUT2D eigenvalue weighted by molar-refractivity contribution is 5.98. The number of para-hydroxylation sites is 1. The number of nitrogens with zero attached hydrogens (tertiary/aromatic N) is 4. The Balaban J connectivity index is 1.78. The van der Waals surface area contributed by atoms with E-state index in [1.807, 2.05) is 60.8 Å². The second kappa shape index (κ2) is 10.1. The zero-order valence-corrected chi connectivity index (χ0v) is 18.8. The molecule has 2 aromatic carbocycles. The van der Waals surface area contributed by atoms with E-state index < -0.39 is 6.04 Å². The van der Waals surface area contributed by atoms with Crippen molar-refractivity contribution in [1.82, 2.24) is 10.3 Å². The number of guanidine groups is 1. The van der Waals surface area contributed by atoms with Crippen LogP contribution in [0.2, 0.25) is 0 Å². The Labute approximate surface area is 202 Å². The number of nitrogens with two attached hydrogens (primary N) is 2. The summed E-state index contributed by atoms with van der Waals surface area (Å²) in [5, 5.41) is 24.1. The Morgan fingerprint density at radius 3 is 2.66 bits per heavy atom. The summed E-state index contributed by atoms with van der Waals surface area (Å²) in [4.78, 5) is 8.89. The fourth-order valence-electron chi connectivity index (χ4n) is 3.75. The maximum Gasteiger partial charge on any atom is 0.211 e. The van der Waals surface area contributed by atoms with Gasteiger partial charge in [0, 0.05) is 11.1 Å². The number of methoxy groups -OCH3 is 1. The molecule has 10 heteroatoms. The third-order valence-electron chi connectivity index (χ3n) is 5.32. The SMILES string of the molecule is COc1cccc(C2N=C(NC#N)Nc3nc(N)c(C#N)c(N)c32)c1OCC=Cc1ccccc1. The highest BCUT2D eigenvalue weighted by atomic mass is 16.5. The lowest BCUT2D eigenvalue weighted by atomic mass is 9.94. The lowest BCUT2D eigenvalue weighted by molar-refractivity contribution is 0.322. The first-order valence-electron chi connectivity index (χ1n) is 10.6. The number of pyridine rings is 1. The van der Waals surface area contributed by atoms with Gasteiger partial charge in [0.05, 0.1) is 12.8 Å². The first-order chi connectivity index (χ1) is 17.1. The number of nitriles is 2.